The molecule has 1 heterocycles. The first-order valence-corrected chi connectivity index (χ1v) is 6.30. The summed E-state index contributed by atoms with van der Waals surface area (Å²) in [5, 5.41) is 10.5. The van der Waals surface area contributed by atoms with Crippen LogP contribution < -0.4 is 4.74 Å². The molecule has 5 heteroatoms. The van der Waals surface area contributed by atoms with Crippen molar-refractivity contribution in [2.45, 2.75) is 0 Å². The fourth-order valence-electron chi connectivity index (χ4n) is 1.93. The first-order valence-electron chi connectivity index (χ1n) is 6.30. The molecule has 0 spiro atoms. The summed E-state index contributed by atoms with van der Waals surface area (Å²) in [5.74, 6) is 0.305. The summed E-state index contributed by atoms with van der Waals surface area (Å²) in [6.07, 6.45) is 0. The van der Waals surface area contributed by atoms with Crippen molar-refractivity contribution in [1.29, 1.82) is 0 Å². The van der Waals surface area contributed by atoms with E-state index in [-0.39, 0.29) is 11.8 Å². The molecule has 3 rings (SSSR count). The van der Waals surface area contributed by atoms with Crippen molar-refractivity contribution >= 4 is 5.88 Å². The maximum Gasteiger partial charge on any atom is 0.436 e. The third-order valence-electron chi connectivity index (χ3n) is 2.93. The van der Waals surface area contributed by atoms with Gasteiger partial charge in [0.05, 0.1) is 6.07 Å². The Kier molecular flexibility index (Phi) is 3.39. The molecular weight excluding hydrogens is 270 g/mol. The fraction of sp³-hybridized carbons (Fsp3) is 0. The smallest absolute Gasteiger partial charge is 0.426 e. The molecule has 0 radical (unpaired) electrons. The molecule has 3 aromatic rings. The number of benzene rings is 2. The predicted octanol–water partition coefficient (Wildman–Crippen LogP) is 4.65. The molecule has 0 aliphatic rings. The van der Waals surface area contributed by atoms with Crippen LogP contribution in [0.2, 0.25) is 0 Å². The summed E-state index contributed by atoms with van der Waals surface area (Å²) in [5.41, 5.74) is 2.17. The van der Waals surface area contributed by atoms with Gasteiger partial charge in [-0.25, -0.2) is 0 Å². The fourth-order valence-corrected chi connectivity index (χ4v) is 1.93. The Morgan fingerprint density at radius 3 is 2.14 bits per heavy atom. The summed E-state index contributed by atoms with van der Waals surface area (Å²) in [7, 11) is 0. The Morgan fingerprint density at radius 2 is 1.52 bits per heavy atom. The molecule has 5 nitrogen and oxygen atoms in total. The SMILES string of the molecule is O=[N+]([O-])c1ccc(Oc2ccc(-c3ccccc3)cc2)o1. The number of nitro groups is 1. The van der Waals surface area contributed by atoms with E-state index in [1.54, 1.807) is 12.1 Å². The van der Waals surface area contributed by atoms with Crippen molar-refractivity contribution in [3.8, 4) is 22.8 Å². The van der Waals surface area contributed by atoms with E-state index in [0.29, 0.717) is 5.75 Å². The zero-order valence-corrected chi connectivity index (χ0v) is 10.9. The van der Waals surface area contributed by atoms with E-state index in [0.717, 1.165) is 11.1 Å². The van der Waals surface area contributed by atoms with E-state index < -0.39 is 4.92 Å². The average Bonchev–Trinajstić information content (AvgIpc) is 2.98. The molecule has 0 bridgehead atoms. The van der Waals surface area contributed by atoms with Gasteiger partial charge in [-0.2, -0.15) is 0 Å². The molecule has 0 fully saturated rings. The van der Waals surface area contributed by atoms with Gasteiger partial charge < -0.3 is 9.15 Å². The monoisotopic (exact) mass is 281 g/mol. The molecule has 0 amide bonds. The highest BCUT2D eigenvalue weighted by Gasteiger charge is 2.13. The lowest BCUT2D eigenvalue weighted by molar-refractivity contribution is -0.402. The first-order chi connectivity index (χ1) is 10.2. The van der Waals surface area contributed by atoms with Crippen LogP contribution >= 0.6 is 0 Å². The molecular formula is C16H11NO4. The third-order valence-corrected chi connectivity index (χ3v) is 2.93. The van der Waals surface area contributed by atoms with Crippen LogP contribution in [0.5, 0.6) is 11.7 Å². The maximum atomic E-state index is 10.5. The number of hydrogen-bond donors (Lipinski definition) is 0. The lowest BCUT2D eigenvalue weighted by atomic mass is 10.1. The molecule has 0 N–H and O–H groups in total. The second-order valence-electron chi connectivity index (χ2n) is 4.34. The zero-order valence-electron chi connectivity index (χ0n) is 10.9. The Hall–Kier alpha value is -3.08. The average molecular weight is 281 g/mol. The number of nitrogens with zero attached hydrogens (tertiary/aromatic N) is 1. The minimum Gasteiger partial charge on any atom is -0.426 e. The Balaban J connectivity index is 1.76. The molecule has 2 aromatic carbocycles. The van der Waals surface area contributed by atoms with Crippen LogP contribution in [0.25, 0.3) is 11.1 Å². The molecule has 0 atom stereocenters. The second-order valence-corrected chi connectivity index (χ2v) is 4.34. The number of rotatable bonds is 4. The van der Waals surface area contributed by atoms with Crippen LogP contribution in [-0.2, 0) is 0 Å². The lowest BCUT2D eigenvalue weighted by Gasteiger charge is -2.04. The molecule has 104 valence electrons. The second kappa shape index (κ2) is 5.50. The number of ether oxygens (including phenoxy) is 1. The van der Waals surface area contributed by atoms with Gasteiger partial charge in [-0.3, -0.25) is 10.1 Å². The largest absolute Gasteiger partial charge is 0.436 e. The van der Waals surface area contributed by atoms with E-state index in [1.165, 1.54) is 12.1 Å². The Morgan fingerprint density at radius 1 is 0.857 bits per heavy atom. The number of hydrogen-bond acceptors (Lipinski definition) is 4. The van der Waals surface area contributed by atoms with Gasteiger partial charge in [-0.15, -0.1) is 0 Å². The van der Waals surface area contributed by atoms with Crippen LogP contribution in [0.1, 0.15) is 0 Å². The molecule has 0 aliphatic carbocycles. The van der Waals surface area contributed by atoms with Gasteiger partial charge in [-0.1, -0.05) is 42.5 Å². The van der Waals surface area contributed by atoms with Crippen LogP contribution in [0.15, 0.2) is 71.1 Å². The summed E-state index contributed by atoms with van der Waals surface area (Å²) in [4.78, 5) is 9.92. The highest BCUT2D eigenvalue weighted by molar-refractivity contribution is 5.63. The van der Waals surface area contributed by atoms with Gasteiger partial charge in [0.15, 0.2) is 0 Å². The predicted molar refractivity (Wildman–Crippen MR) is 77.3 cm³/mol. The zero-order chi connectivity index (χ0) is 14.7. The normalized spacial score (nSPS) is 10.3. The van der Waals surface area contributed by atoms with E-state index in [4.69, 9.17) is 9.15 Å². The standard InChI is InChI=1S/C16H11NO4/c18-17(19)15-10-11-16(21-15)20-14-8-6-13(7-9-14)12-4-2-1-3-5-12/h1-11H. The van der Waals surface area contributed by atoms with Crippen molar-refractivity contribution in [1.82, 2.24) is 0 Å². The summed E-state index contributed by atoms with van der Waals surface area (Å²) in [6.45, 7) is 0. The van der Waals surface area contributed by atoms with E-state index >= 15 is 0 Å². The van der Waals surface area contributed by atoms with Crippen molar-refractivity contribution in [2.75, 3.05) is 0 Å². The third kappa shape index (κ3) is 2.92. The number of furan rings is 1. The van der Waals surface area contributed by atoms with Gasteiger partial charge >= 0.3 is 5.88 Å². The minimum absolute atomic E-state index is 0.0918. The quantitative estimate of drug-likeness (QED) is 0.516. The summed E-state index contributed by atoms with van der Waals surface area (Å²) >= 11 is 0. The van der Waals surface area contributed by atoms with Crippen molar-refractivity contribution < 1.29 is 14.1 Å². The summed E-state index contributed by atoms with van der Waals surface area (Å²) < 4.78 is 10.4. The van der Waals surface area contributed by atoms with Gasteiger partial charge in [0, 0.05) is 6.07 Å². The van der Waals surface area contributed by atoms with Crippen LogP contribution in [-0.4, -0.2) is 4.92 Å². The van der Waals surface area contributed by atoms with Gasteiger partial charge in [0.1, 0.15) is 10.7 Å². The Labute approximate surface area is 120 Å². The molecule has 1 aromatic heterocycles. The first kappa shape index (κ1) is 12.9. The maximum absolute atomic E-state index is 10.5. The van der Waals surface area contributed by atoms with Gasteiger partial charge in [0.25, 0.3) is 5.95 Å². The Bertz CT molecular complexity index is 747. The molecule has 0 aliphatic heterocycles. The highest BCUT2D eigenvalue weighted by Crippen LogP contribution is 2.28. The van der Waals surface area contributed by atoms with Crippen molar-refractivity contribution in [3.63, 3.8) is 0 Å². The van der Waals surface area contributed by atoms with Crippen molar-refractivity contribution in [2.24, 2.45) is 0 Å². The van der Waals surface area contributed by atoms with Crippen LogP contribution in [0.4, 0.5) is 5.88 Å². The molecule has 0 unspecified atom stereocenters. The molecule has 0 saturated heterocycles. The molecule has 0 saturated carbocycles. The molecule has 21 heavy (non-hydrogen) atoms. The van der Waals surface area contributed by atoms with E-state index in [1.807, 2.05) is 42.5 Å². The van der Waals surface area contributed by atoms with Crippen LogP contribution in [0.3, 0.4) is 0 Å². The topological polar surface area (TPSA) is 65.5 Å². The lowest BCUT2D eigenvalue weighted by Crippen LogP contribution is -1.84. The van der Waals surface area contributed by atoms with E-state index in [2.05, 4.69) is 0 Å². The van der Waals surface area contributed by atoms with Crippen molar-refractivity contribution in [3.05, 3.63) is 76.8 Å². The highest BCUT2D eigenvalue weighted by atomic mass is 16.7. The summed E-state index contributed by atoms with van der Waals surface area (Å²) in [6, 6.07) is 20.0. The van der Waals surface area contributed by atoms with Crippen LogP contribution in [0, 0.1) is 10.1 Å². The van der Waals surface area contributed by atoms with E-state index in [9.17, 15) is 10.1 Å². The minimum atomic E-state index is -0.606. The van der Waals surface area contributed by atoms with Gasteiger partial charge in [0.2, 0.25) is 0 Å². The van der Waals surface area contributed by atoms with Gasteiger partial charge in [-0.05, 0) is 23.3 Å².